The highest BCUT2D eigenvalue weighted by Crippen LogP contribution is 2.27. The summed E-state index contributed by atoms with van der Waals surface area (Å²) >= 11 is 1.38. The molecule has 26 heavy (non-hydrogen) atoms. The number of hydrogen-bond acceptors (Lipinski definition) is 6. The lowest BCUT2D eigenvalue weighted by molar-refractivity contribution is 0.0920. The molecule has 1 amide bonds. The van der Waals surface area contributed by atoms with Gasteiger partial charge in [0.1, 0.15) is 5.69 Å². The standard InChI is InChI=1S/C18H25N5O2S/c1-12-6-5-9-22(11-12)18-21-23-14(10-15(24)20-17(23)26-18)16(25)19-13-7-3-2-4-8-13/h10,12-13H,2-9,11H2,1H3,(H,19,25). The molecule has 0 spiro atoms. The van der Waals surface area contributed by atoms with E-state index in [1.165, 1.54) is 30.2 Å². The number of carbonyl (C=O) groups is 1. The number of fused-ring (bicyclic) bond motifs is 1. The zero-order chi connectivity index (χ0) is 18.1. The molecule has 1 unspecified atom stereocenters. The number of carbonyl (C=O) groups excluding carboxylic acids is 1. The van der Waals surface area contributed by atoms with Crippen LogP contribution in [0.4, 0.5) is 5.13 Å². The number of aromatic nitrogens is 3. The molecule has 2 aromatic heterocycles. The van der Waals surface area contributed by atoms with Crippen molar-refractivity contribution in [3.63, 3.8) is 0 Å². The van der Waals surface area contributed by atoms with Crippen molar-refractivity contribution in [3.8, 4) is 0 Å². The first-order valence-corrected chi connectivity index (χ1v) is 10.4. The quantitative estimate of drug-likeness (QED) is 0.891. The van der Waals surface area contributed by atoms with Gasteiger partial charge in [0.2, 0.25) is 10.1 Å². The van der Waals surface area contributed by atoms with E-state index in [0.29, 0.717) is 10.9 Å². The van der Waals surface area contributed by atoms with Crippen molar-refractivity contribution in [2.24, 2.45) is 5.92 Å². The summed E-state index contributed by atoms with van der Waals surface area (Å²) in [7, 11) is 0. The van der Waals surface area contributed by atoms with Crippen molar-refractivity contribution in [1.82, 2.24) is 19.9 Å². The van der Waals surface area contributed by atoms with Crippen LogP contribution in [0.2, 0.25) is 0 Å². The lowest BCUT2D eigenvalue weighted by Crippen LogP contribution is -2.38. The number of rotatable bonds is 3. The Morgan fingerprint density at radius 3 is 2.81 bits per heavy atom. The second-order valence-electron chi connectivity index (χ2n) is 7.56. The summed E-state index contributed by atoms with van der Waals surface area (Å²) in [6.45, 7) is 4.15. The van der Waals surface area contributed by atoms with E-state index in [0.717, 1.165) is 50.3 Å². The Kier molecular flexibility index (Phi) is 4.93. The summed E-state index contributed by atoms with van der Waals surface area (Å²) in [6.07, 6.45) is 7.89. The summed E-state index contributed by atoms with van der Waals surface area (Å²) in [5.74, 6) is 0.396. The predicted octanol–water partition coefficient (Wildman–Crippen LogP) is 2.45. The topological polar surface area (TPSA) is 79.6 Å². The number of amides is 1. The van der Waals surface area contributed by atoms with Crippen LogP contribution in [0.3, 0.4) is 0 Å². The smallest absolute Gasteiger partial charge is 0.274 e. The molecule has 7 nitrogen and oxygen atoms in total. The van der Waals surface area contributed by atoms with Crippen molar-refractivity contribution < 1.29 is 4.79 Å². The predicted molar refractivity (Wildman–Crippen MR) is 102 cm³/mol. The molecular weight excluding hydrogens is 350 g/mol. The van der Waals surface area contributed by atoms with Gasteiger partial charge in [-0.05, 0) is 31.6 Å². The van der Waals surface area contributed by atoms with Gasteiger partial charge in [-0.3, -0.25) is 9.59 Å². The van der Waals surface area contributed by atoms with E-state index in [-0.39, 0.29) is 23.2 Å². The molecule has 1 N–H and O–H groups in total. The number of nitrogens with one attached hydrogen (secondary N) is 1. The third kappa shape index (κ3) is 3.60. The third-order valence-corrected chi connectivity index (χ3v) is 6.31. The fraction of sp³-hybridized carbons (Fsp3) is 0.667. The van der Waals surface area contributed by atoms with E-state index in [1.54, 1.807) is 4.52 Å². The van der Waals surface area contributed by atoms with Crippen molar-refractivity contribution in [3.05, 3.63) is 22.1 Å². The van der Waals surface area contributed by atoms with Gasteiger partial charge in [0.25, 0.3) is 11.5 Å². The van der Waals surface area contributed by atoms with Gasteiger partial charge in [0, 0.05) is 25.2 Å². The highest BCUT2D eigenvalue weighted by atomic mass is 32.1. The molecule has 2 fully saturated rings. The largest absolute Gasteiger partial charge is 0.348 e. The molecule has 1 aliphatic heterocycles. The van der Waals surface area contributed by atoms with Gasteiger partial charge in [0.05, 0.1) is 0 Å². The van der Waals surface area contributed by atoms with Crippen molar-refractivity contribution in [1.29, 1.82) is 0 Å². The maximum absolute atomic E-state index is 12.8. The number of hydrogen-bond donors (Lipinski definition) is 1. The maximum Gasteiger partial charge on any atom is 0.274 e. The van der Waals surface area contributed by atoms with Gasteiger partial charge in [-0.2, -0.15) is 9.50 Å². The minimum absolute atomic E-state index is 0.191. The van der Waals surface area contributed by atoms with Crippen LogP contribution in [0.25, 0.3) is 4.96 Å². The van der Waals surface area contributed by atoms with Crippen LogP contribution < -0.4 is 15.8 Å². The summed E-state index contributed by atoms with van der Waals surface area (Å²) in [5.41, 5.74) is -0.0980. The first kappa shape index (κ1) is 17.5. The Hall–Kier alpha value is -1.96. The van der Waals surface area contributed by atoms with Gasteiger partial charge < -0.3 is 10.2 Å². The second kappa shape index (κ2) is 7.34. The zero-order valence-corrected chi connectivity index (χ0v) is 15.9. The van der Waals surface area contributed by atoms with Crippen LogP contribution in [0, 0.1) is 5.92 Å². The van der Waals surface area contributed by atoms with E-state index in [4.69, 9.17) is 0 Å². The normalized spacial score (nSPS) is 21.9. The molecule has 1 atom stereocenters. The van der Waals surface area contributed by atoms with Crippen LogP contribution in [-0.2, 0) is 0 Å². The molecule has 0 radical (unpaired) electrons. The number of nitrogens with zero attached hydrogens (tertiary/aromatic N) is 4. The molecule has 0 bridgehead atoms. The zero-order valence-electron chi connectivity index (χ0n) is 15.1. The first-order valence-electron chi connectivity index (χ1n) is 9.57. The van der Waals surface area contributed by atoms with Gasteiger partial charge in [-0.25, -0.2) is 0 Å². The number of piperidine rings is 1. The Bertz CT molecular complexity index is 855. The fourth-order valence-corrected chi connectivity index (χ4v) is 4.91. The highest BCUT2D eigenvalue weighted by Gasteiger charge is 2.23. The molecule has 3 heterocycles. The van der Waals surface area contributed by atoms with Gasteiger partial charge in [0.15, 0.2) is 0 Å². The molecular formula is C18H25N5O2S. The van der Waals surface area contributed by atoms with Gasteiger partial charge >= 0.3 is 0 Å². The van der Waals surface area contributed by atoms with E-state index in [2.05, 4.69) is 27.2 Å². The average Bonchev–Trinajstić information content (AvgIpc) is 3.05. The second-order valence-corrected chi connectivity index (χ2v) is 8.49. The molecule has 2 aliphatic rings. The lowest BCUT2D eigenvalue weighted by Gasteiger charge is -2.30. The van der Waals surface area contributed by atoms with Crippen LogP contribution in [0.15, 0.2) is 10.9 Å². The summed E-state index contributed by atoms with van der Waals surface area (Å²) in [5, 5.41) is 8.53. The molecule has 1 saturated heterocycles. The van der Waals surface area contributed by atoms with Crippen molar-refractivity contribution in [2.45, 2.75) is 57.9 Å². The Labute approximate surface area is 156 Å². The minimum Gasteiger partial charge on any atom is -0.348 e. The number of anilines is 1. The summed E-state index contributed by atoms with van der Waals surface area (Å²) < 4.78 is 1.54. The molecule has 1 aliphatic carbocycles. The Balaban J connectivity index is 1.63. The van der Waals surface area contributed by atoms with Crippen LogP contribution in [0.1, 0.15) is 62.4 Å². The lowest BCUT2D eigenvalue weighted by atomic mass is 9.95. The summed E-state index contributed by atoms with van der Waals surface area (Å²) in [6, 6.07) is 1.49. The van der Waals surface area contributed by atoms with E-state index in [9.17, 15) is 9.59 Å². The van der Waals surface area contributed by atoms with Gasteiger partial charge in [-0.1, -0.05) is 37.5 Å². The molecule has 8 heteroatoms. The van der Waals surface area contributed by atoms with E-state index in [1.807, 2.05) is 0 Å². The first-order chi connectivity index (χ1) is 12.6. The maximum atomic E-state index is 12.8. The minimum atomic E-state index is -0.388. The molecule has 0 aromatic carbocycles. The Morgan fingerprint density at radius 1 is 1.23 bits per heavy atom. The van der Waals surface area contributed by atoms with Gasteiger partial charge in [-0.15, -0.1) is 5.10 Å². The average molecular weight is 375 g/mol. The van der Waals surface area contributed by atoms with Crippen LogP contribution in [-0.4, -0.2) is 39.6 Å². The highest BCUT2D eigenvalue weighted by molar-refractivity contribution is 7.20. The SMILES string of the molecule is CC1CCCN(c2nn3c(C(=O)NC4CCCCC4)cc(=O)nc3s2)C1. The van der Waals surface area contributed by atoms with E-state index >= 15 is 0 Å². The third-order valence-electron chi connectivity index (χ3n) is 5.34. The van der Waals surface area contributed by atoms with Crippen LogP contribution >= 0.6 is 11.3 Å². The van der Waals surface area contributed by atoms with E-state index < -0.39 is 0 Å². The Morgan fingerprint density at radius 2 is 2.04 bits per heavy atom. The fourth-order valence-electron chi connectivity index (χ4n) is 3.96. The molecule has 1 saturated carbocycles. The summed E-state index contributed by atoms with van der Waals surface area (Å²) in [4.78, 5) is 31.5. The molecule has 4 rings (SSSR count). The molecule has 2 aromatic rings. The van der Waals surface area contributed by atoms with Crippen molar-refractivity contribution >= 4 is 27.3 Å². The molecule has 140 valence electrons. The monoisotopic (exact) mass is 375 g/mol. The van der Waals surface area contributed by atoms with Crippen molar-refractivity contribution in [2.75, 3.05) is 18.0 Å². The van der Waals surface area contributed by atoms with Crippen LogP contribution in [0.5, 0.6) is 0 Å².